The van der Waals surface area contributed by atoms with Gasteiger partial charge in [0.15, 0.2) is 0 Å². The van der Waals surface area contributed by atoms with Crippen LogP contribution in [0.2, 0.25) is 0 Å². The van der Waals surface area contributed by atoms with Gasteiger partial charge >= 0.3 is 6.36 Å². The smallest absolute Gasteiger partial charge is 0.378 e. The molecule has 0 amide bonds. The lowest BCUT2D eigenvalue weighted by Gasteiger charge is -2.35. The van der Waals surface area contributed by atoms with Crippen LogP contribution in [0.4, 0.5) is 13.2 Å². The zero-order chi connectivity index (χ0) is 13.4. The largest absolute Gasteiger partial charge is 0.522 e. The molecule has 0 saturated carbocycles. The molecule has 18 heavy (non-hydrogen) atoms. The maximum Gasteiger partial charge on any atom is 0.522 e. The van der Waals surface area contributed by atoms with E-state index >= 15 is 0 Å². The summed E-state index contributed by atoms with van der Waals surface area (Å²) in [5.41, 5.74) is 0. The van der Waals surface area contributed by atoms with Gasteiger partial charge < -0.3 is 10.1 Å². The minimum Gasteiger partial charge on any atom is -0.378 e. The maximum atomic E-state index is 11.9. The van der Waals surface area contributed by atoms with Gasteiger partial charge in [0.25, 0.3) is 0 Å². The van der Waals surface area contributed by atoms with E-state index < -0.39 is 6.36 Å². The van der Waals surface area contributed by atoms with E-state index in [9.17, 15) is 13.2 Å². The first kappa shape index (κ1) is 15.7. The van der Waals surface area contributed by atoms with Crippen LogP contribution >= 0.6 is 0 Å². The summed E-state index contributed by atoms with van der Waals surface area (Å²) in [7, 11) is 0. The fraction of sp³-hybridized carbons (Fsp3) is 1.00. The van der Waals surface area contributed by atoms with E-state index in [0.29, 0.717) is 19.8 Å². The summed E-state index contributed by atoms with van der Waals surface area (Å²) in [4.78, 5) is 1.98. The topological polar surface area (TPSA) is 33.7 Å². The predicted octanol–water partition coefficient (Wildman–Crippen LogP) is 1.22. The van der Waals surface area contributed by atoms with Gasteiger partial charge in [0.05, 0.1) is 19.8 Å². The monoisotopic (exact) mass is 270 g/mol. The number of halogens is 3. The molecule has 1 heterocycles. The van der Waals surface area contributed by atoms with Gasteiger partial charge in [-0.1, -0.05) is 6.92 Å². The molecular weight excluding hydrogens is 249 g/mol. The van der Waals surface area contributed by atoms with Crippen molar-refractivity contribution in [3.63, 3.8) is 0 Å². The Hall–Kier alpha value is -0.370. The third-order valence-electron chi connectivity index (χ3n) is 2.80. The summed E-state index contributed by atoms with van der Waals surface area (Å²) in [5, 5.41) is 3.26. The normalized spacial score (nSPS) is 22.3. The van der Waals surface area contributed by atoms with Crippen LogP contribution in [0.5, 0.6) is 0 Å². The van der Waals surface area contributed by atoms with Crippen molar-refractivity contribution in [3.05, 3.63) is 0 Å². The number of alkyl halides is 3. The summed E-state index contributed by atoms with van der Waals surface area (Å²) < 4.78 is 44.8. The molecule has 1 unspecified atom stereocenters. The quantitative estimate of drug-likeness (QED) is 0.705. The molecule has 1 rings (SSSR count). The second kappa shape index (κ2) is 7.93. The summed E-state index contributed by atoms with van der Waals surface area (Å²) in [5.74, 6) is 0. The number of nitrogens with one attached hydrogen (secondary N) is 1. The fourth-order valence-electron chi connectivity index (χ4n) is 1.90. The molecule has 1 N–H and O–H groups in total. The minimum absolute atomic E-state index is 0.127. The van der Waals surface area contributed by atoms with E-state index in [-0.39, 0.29) is 19.2 Å². The zero-order valence-electron chi connectivity index (χ0n) is 10.6. The van der Waals surface area contributed by atoms with Crippen molar-refractivity contribution in [1.29, 1.82) is 0 Å². The van der Waals surface area contributed by atoms with E-state index in [1.165, 1.54) is 0 Å². The third kappa shape index (κ3) is 6.53. The highest BCUT2D eigenvalue weighted by molar-refractivity contribution is 4.77. The molecule has 0 aromatic rings. The Morgan fingerprint density at radius 2 is 2.22 bits per heavy atom. The van der Waals surface area contributed by atoms with Crippen molar-refractivity contribution in [2.24, 2.45) is 0 Å². The molecule has 1 aliphatic heterocycles. The molecule has 1 atom stereocenters. The minimum atomic E-state index is -4.54. The van der Waals surface area contributed by atoms with Crippen LogP contribution < -0.4 is 5.32 Å². The molecule has 0 aromatic carbocycles. The van der Waals surface area contributed by atoms with Crippen molar-refractivity contribution in [2.45, 2.75) is 25.7 Å². The molecule has 7 heteroatoms. The molecule has 108 valence electrons. The molecule has 0 bridgehead atoms. The molecule has 1 aliphatic rings. The van der Waals surface area contributed by atoms with Gasteiger partial charge in [-0.3, -0.25) is 9.64 Å². The number of nitrogens with zero attached hydrogens (tertiary/aromatic N) is 1. The van der Waals surface area contributed by atoms with Crippen molar-refractivity contribution in [3.8, 4) is 0 Å². The van der Waals surface area contributed by atoms with Crippen LogP contribution in [-0.2, 0) is 9.47 Å². The van der Waals surface area contributed by atoms with Crippen LogP contribution in [0.15, 0.2) is 0 Å². The van der Waals surface area contributed by atoms with Gasteiger partial charge in [0, 0.05) is 25.7 Å². The van der Waals surface area contributed by atoms with Crippen LogP contribution in [-0.4, -0.2) is 63.3 Å². The number of rotatable bonds is 7. The first-order chi connectivity index (χ1) is 8.53. The SMILES string of the molecule is CCCNCC1COCCN1CCOC(F)(F)F. The number of hydrogen-bond donors (Lipinski definition) is 1. The van der Waals surface area contributed by atoms with E-state index in [2.05, 4.69) is 17.0 Å². The summed E-state index contributed by atoms with van der Waals surface area (Å²) in [6.45, 7) is 5.44. The second-order valence-electron chi connectivity index (χ2n) is 4.26. The standard InChI is InChI=1S/C11H21F3N2O2/c1-2-3-15-8-10-9-17-6-4-16(10)5-7-18-11(12,13)14/h10,15H,2-9H2,1H3. The van der Waals surface area contributed by atoms with Crippen LogP contribution in [0, 0.1) is 0 Å². The Labute approximate surface area is 105 Å². The highest BCUT2D eigenvalue weighted by Gasteiger charge is 2.30. The molecule has 0 aliphatic carbocycles. The lowest BCUT2D eigenvalue weighted by Crippen LogP contribution is -2.51. The molecule has 0 aromatic heterocycles. The molecule has 1 fully saturated rings. The highest BCUT2D eigenvalue weighted by atomic mass is 19.4. The Morgan fingerprint density at radius 1 is 1.44 bits per heavy atom. The van der Waals surface area contributed by atoms with Gasteiger partial charge in [-0.05, 0) is 13.0 Å². The third-order valence-corrected chi connectivity index (χ3v) is 2.80. The molecule has 1 saturated heterocycles. The number of hydrogen-bond acceptors (Lipinski definition) is 4. The van der Waals surface area contributed by atoms with Gasteiger partial charge in [-0.25, -0.2) is 0 Å². The van der Waals surface area contributed by atoms with Crippen LogP contribution in [0.25, 0.3) is 0 Å². The molecule has 4 nitrogen and oxygen atoms in total. The van der Waals surface area contributed by atoms with Crippen LogP contribution in [0.1, 0.15) is 13.3 Å². The number of ether oxygens (including phenoxy) is 2. The van der Waals surface area contributed by atoms with E-state index in [1.54, 1.807) is 0 Å². The van der Waals surface area contributed by atoms with E-state index in [0.717, 1.165) is 19.5 Å². The fourth-order valence-corrected chi connectivity index (χ4v) is 1.90. The highest BCUT2D eigenvalue weighted by Crippen LogP contribution is 2.16. The van der Waals surface area contributed by atoms with Crippen molar-refractivity contribution in [2.75, 3.05) is 46.0 Å². The predicted molar refractivity (Wildman–Crippen MR) is 61.3 cm³/mol. The van der Waals surface area contributed by atoms with Crippen molar-refractivity contribution < 1.29 is 22.6 Å². The first-order valence-corrected chi connectivity index (χ1v) is 6.26. The Kier molecular flexibility index (Phi) is 6.91. The maximum absolute atomic E-state index is 11.9. The lowest BCUT2D eigenvalue weighted by molar-refractivity contribution is -0.325. The zero-order valence-corrected chi connectivity index (χ0v) is 10.6. The van der Waals surface area contributed by atoms with Crippen molar-refractivity contribution in [1.82, 2.24) is 10.2 Å². The van der Waals surface area contributed by atoms with Crippen LogP contribution in [0.3, 0.4) is 0 Å². The average molecular weight is 270 g/mol. The van der Waals surface area contributed by atoms with Gasteiger partial charge in [0.1, 0.15) is 0 Å². The first-order valence-electron chi connectivity index (χ1n) is 6.26. The second-order valence-corrected chi connectivity index (χ2v) is 4.26. The van der Waals surface area contributed by atoms with E-state index in [1.807, 2.05) is 4.90 Å². The van der Waals surface area contributed by atoms with Gasteiger partial charge in [0.2, 0.25) is 0 Å². The van der Waals surface area contributed by atoms with Gasteiger partial charge in [-0.15, -0.1) is 13.2 Å². The summed E-state index contributed by atoms with van der Waals surface area (Å²) >= 11 is 0. The average Bonchev–Trinajstić information content (AvgIpc) is 2.30. The Balaban J connectivity index is 2.26. The number of morpholine rings is 1. The summed E-state index contributed by atoms with van der Waals surface area (Å²) in [6.07, 6.45) is -3.51. The lowest BCUT2D eigenvalue weighted by atomic mass is 10.2. The van der Waals surface area contributed by atoms with Gasteiger partial charge in [-0.2, -0.15) is 0 Å². The molecule has 0 radical (unpaired) electrons. The summed E-state index contributed by atoms with van der Waals surface area (Å²) in [6, 6.07) is 0.127. The molecule has 0 spiro atoms. The Bertz CT molecular complexity index is 227. The molecular formula is C11H21F3N2O2. The van der Waals surface area contributed by atoms with E-state index in [4.69, 9.17) is 4.74 Å². The van der Waals surface area contributed by atoms with Crippen molar-refractivity contribution >= 4 is 0 Å². The Morgan fingerprint density at radius 3 is 2.89 bits per heavy atom.